The van der Waals surface area contributed by atoms with Crippen LogP contribution in [-0.4, -0.2) is 30.6 Å². The summed E-state index contributed by atoms with van der Waals surface area (Å²) in [4.78, 5) is 30.9. The summed E-state index contributed by atoms with van der Waals surface area (Å²) in [5.41, 5.74) is 1.41. The third kappa shape index (κ3) is 3.48. The van der Waals surface area contributed by atoms with Crippen molar-refractivity contribution in [3.8, 4) is 10.6 Å². The van der Waals surface area contributed by atoms with Crippen LogP contribution in [-0.2, 0) is 4.74 Å². The normalized spacial score (nSPS) is 10.9. The molecule has 0 saturated carbocycles. The summed E-state index contributed by atoms with van der Waals surface area (Å²) >= 11 is 1.12. The van der Waals surface area contributed by atoms with E-state index in [-0.39, 0.29) is 0 Å². The number of aromatic nitrogens is 1. The maximum absolute atomic E-state index is 12.4. The zero-order chi connectivity index (χ0) is 18.7. The highest BCUT2D eigenvalue weighted by Gasteiger charge is 2.16. The van der Waals surface area contributed by atoms with Gasteiger partial charge in [-0.15, -0.1) is 11.3 Å². The quantitative estimate of drug-likeness (QED) is 0.482. The lowest BCUT2D eigenvalue weighted by Gasteiger charge is -2.20. The van der Waals surface area contributed by atoms with Crippen LogP contribution in [0.4, 0.5) is 5.69 Å². The molecule has 0 unspecified atom stereocenters. The maximum Gasteiger partial charge on any atom is 0.349 e. The summed E-state index contributed by atoms with van der Waals surface area (Å²) < 4.78 is 10.5. The largest absolute Gasteiger partial charge is 0.462 e. The molecule has 0 spiro atoms. The molecule has 0 bridgehead atoms. The molecule has 1 aromatic carbocycles. The van der Waals surface area contributed by atoms with Gasteiger partial charge < -0.3 is 14.1 Å². The van der Waals surface area contributed by atoms with E-state index in [9.17, 15) is 9.59 Å². The number of nitrogens with zero attached hydrogens (tertiary/aromatic N) is 2. The van der Waals surface area contributed by atoms with E-state index in [1.165, 1.54) is 6.20 Å². The number of hydrogen-bond acceptors (Lipinski definition) is 7. The first-order valence-corrected chi connectivity index (χ1v) is 9.35. The molecule has 136 valence electrons. The number of ether oxygens (including phenoxy) is 1. The van der Waals surface area contributed by atoms with E-state index in [4.69, 9.17) is 9.15 Å². The Bertz CT molecular complexity index is 989. The fraction of sp³-hybridized carbons (Fsp3) is 0.316. The van der Waals surface area contributed by atoms with Crippen molar-refractivity contribution in [2.45, 2.75) is 20.8 Å². The molecule has 0 amide bonds. The highest BCUT2D eigenvalue weighted by atomic mass is 32.1. The van der Waals surface area contributed by atoms with E-state index in [1.54, 1.807) is 13.0 Å². The number of benzene rings is 1. The van der Waals surface area contributed by atoms with Crippen LogP contribution in [0.2, 0.25) is 0 Å². The van der Waals surface area contributed by atoms with Crippen molar-refractivity contribution < 1.29 is 13.9 Å². The van der Waals surface area contributed by atoms with Gasteiger partial charge >= 0.3 is 11.6 Å². The SMILES string of the molecule is CCOC(=O)c1cnc(-c2cc3ccc(N(CC)CC)cc3oc2=O)s1. The Kier molecular flexibility index (Phi) is 5.37. The first-order chi connectivity index (χ1) is 12.6. The van der Waals surface area contributed by atoms with Crippen LogP contribution in [0.15, 0.2) is 39.7 Å². The minimum absolute atomic E-state index is 0.291. The molecule has 3 rings (SSSR count). The van der Waals surface area contributed by atoms with Gasteiger partial charge in [0, 0.05) is 30.2 Å². The Labute approximate surface area is 155 Å². The second kappa shape index (κ2) is 7.70. The molecule has 0 fully saturated rings. The van der Waals surface area contributed by atoms with Crippen LogP contribution in [0.1, 0.15) is 30.4 Å². The standard InChI is InChI=1S/C19H20N2O4S/c1-4-21(5-2)13-8-7-12-9-14(18(22)25-15(12)10-13)17-20-11-16(26-17)19(23)24-6-3/h7-11H,4-6H2,1-3H3. The maximum atomic E-state index is 12.4. The van der Waals surface area contributed by atoms with E-state index in [0.29, 0.717) is 27.6 Å². The van der Waals surface area contributed by atoms with Gasteiger partial charge in [0.15, 0.2) is 0 Å². The van der Waals surface area contributed by atoms with E-state index in [1.807, 2.05) is 18.2 Å². The number of esters is 1. The summed E-state index contributed by atoms with van der Waals surface area (Å²) in [5.74, 6) is -0.440. The molecule has 7 heteroatoms. The number of fused-ring (bicyclic) bond motifs is 1. The number of rotatable bonds is 6. The number of hydrogen-bond donors (Lipinski definition) is 0. The summed E-state index contributed by atoms with van der Waals surface area (Å²) in [6, 6.07) is 7.56. The Morgan fingerprint density at radius 3 is 2.69 bits per heavy atom. The van der Waals surface area contributed by atoms with Gasteiger partial charge in [0.25, 0.3) is 0 Å². The van der Waals surface area contributed by atoms with Crippen molar-refractivity contribution in [2.24, 2.45) is 0 Å². The predicted molar refractivity (Wildman–Crippen MR) is 103 cm³/mol. The van der Waals surface area contributed by atoms with Crippen molar-refractivity contribution in [3.63, 3.8) is 0 Å². The molecule has 0 saturated heterocycles. The second-order valence-corrected chi connectivity index (χ2v) is 6.62. The van der Waals surface area contributed by atoms with Gasteiger partial charge in [-0.2, -0.15) is 0 Å². The molecular formula is C19H20N2O4S. The van der Waals surface area contributed by atoms with Crippen molar-refractivity contribution in [2.75, 3.05) is 24.6 Å². The first-order valence-electron chi connectivity index (χ1n) is 8.53. The number of thiazole rings is 1. The Balaban J connectivity index is 2.01. The molecule has 0 aliphatic rings. The van der Waals surface area contributed by atoms with Gasteiger partial charge in [-0.05, 0) is 39.0 Å². The van der Waals surface area contributed by atoms with Crippen molar-refractivity contribution in [3.05, 3.63) is 45.8 Å². The molecule has 2 aromatic heterocycles. The van der Waals surface area contributed by atoms with Gasteiger partial charge in [-0.3, -0.25) is 0 Å². The highest BCUT2D eigenvalue weighted by Crippen LogP contribution is 2.28. The summed E-state index contributed by atoms with van der Waals surface area (Å²) in [6.45, 7) is 7.94. The van der Waals surface area contributed by atoms with Crippen molar-refractivity contribution in [1.82, 2.24) is 4.98 Å². The van der Waals surface area contributed by atoms with Crippen LogP contribution in [0, 0.1) is 0 Å². The number of anilines is 1. The van der Waals surface area contributed by atoms with Crippen LogP contribution < -0.4 is 10.5 Å². The molecular weight excluding hydrogens is 352 g/mol. The summed E-state index contributed by atoms with van der Waals surface area (Å²) in [7, 11) is 0. The van der Waals surface area contributed by atoms with Crippen LogP contribution >= 0.6 is 11.3 Å². The molecule has 0 aliphatic heterocycles. The van der Waals surface area contributed by atoms with Crippen molar-refractivity contribution >= 4 is 34.0 Å². The lowest BCUT2D eigenvalue weighted by molar-refractivity contribution is 0.0532. The van der Waals surface area contributed by atoms with Gasteiger partial charge in [0.2, 0.25) is 0 Å². The van der Waals surface area contributed by atoms with E-state index in [2.05, 4.69) is 23.7 Å². The lowest BCUT2D eigenvalue weighted by Crippen LogP contribution is -2.21. The molecule has 0 atom stereocenters. The van der Waals surface area contributed by atoms with E-state index >= 15 is 0 Å². The molecule has 2 heterocycles. The highest BCUT2D eigenvalue weighted by molar-refractivity contribution is 7.16. The monoisotopic (exact) mass is 372 g/mol. The van der Waals surface area contributed by atoms with Gasteiger partial charge in [-0.25, -0.2) is 14.6 Å². The molecule has 0 aliphatic carbocycles. The molecule has 0 N–H and O–H groups in total. The minimum Gasteiger partial charge on any atom is -0.462 e. The fourth-order valence-corrected chi connectivity index (χ4v) is 3.54. The molecule has 0 radical (unpaired) electrons. The van der Waals surface area contributed by atoms with Gasteiger partial charge in [0.05, 0.1) is 18.4 Å². The minimum atomic E-state index is -0.473. The Hall–Kier alpha value is -2.67. The zero-order valence-electron chi connectivity index (χ0n) is 14.9. The first kappa shape index (κ1) is 18.1. The average Bonchev–Trinajstić information content (AvgIpc) is 3.12. The summed E-state index contributed by atoms with van der Waals surface area (Å²) in [5, 5.41) is 1.25. The van der Waals surface area contributed by atoms with Crippen molar-refractivity contribution in [1.29, 1.82) is 0 Å². The van der Waals surface area contributed by atoms with E-state index < -0.39 is 11.6 Å². The second-order valence-electron chi connectivity index (χ2n) is 5.59. The summed E-state index contributed by atoms with van der Waals surface area (Å²) in [6.07, 6.45) is 1.42. The molecule has 26 heavy (non-hydrogen) atoms. The Morgan fingerprint density at radius 2 is 2.00 bits per heavy atom. The predicted octanol–water partition coefficient (Wildman–Crippen LogP) is 3.94. The fourth-order valence-electron chi connectivity index (χ4n) is 2.73. The topological polar surface area (TPSA) is 72.6 Å². The third-order valence-corrected chi connectivity index (χ3v) is 5.07. The molecule has 6 nitrogen and oxygen atoms in total. The zero-order valence-corrected chi connectivity index (χ0v) is 15.8. The third-order valence-electron chi connectivity index (χ3n) is 4.06. The number of carbonyl (C=O) groups is 1. The average molecular weight is 372 g/mol. The van der Waals surface area contributed by atoms with Crippen LogP contribution in [0.3, 0.4) is 0 Å². The molecule has 3 aromatic rings. The Morgan fingerprint density at radius 1 is 1.23 bits per heavy atom. The van der Waals surface area contributed by atoms with Crippen LogP contribution in [0.5, 0.6) is 0 Å². The lowest BCUT2D eigenvalue weighted by atomic mass is 10.1. The van der Waals surface area contributed by atoms with E-state index in [0.717, 1.165) is 35.5 Å². The van der Waals surface area contributed by atoms with Gasteiger partial charge in [0.1, 0.15) is 15.5 Å². The van der Waals surface area contributed by atoms with Crippen LogP contribution in [0.25, 0.3) is 21.5 Å². The smallest absolute Gasteiger partial charge is 0.349 e. The number of carbonyl (C=O) groups excluding carboxylic acids is 1. The van der Waals surface area contributed by atoms with Gasteiger partial charge in [-0.1, -0.05) is 0 Å².